The molecule has 1 amide bonds. The number of pyridine rings is 1. The quantitative estimate of drug-likeness (QED) is 0.556. The first-order chi connectivity index (χ1) is 14.6. The Morgan fingerprint density at radius 3 is 2.63 bits per heavy atom. The van der Waals surface area contributed by atoms with E-state index in [0.29, 0.717) is 18.2 Å². The van der Waals surface area contributed by atoms with Crippen LogP contribution in [0, 0.1) is 6.92 Å². The van der Waals surface area contributed by atoms with Gasteiger partial charge in [0.2, 0.25) is 0 Å². The van der Waals surface area contributed by atoms with Crippen molar-refractivity contribution in [2.75, 3.05) is 10.6 Å². The van der Waals surface area contributed by atoms with Crippen LogP contribution in [0.25, 0.3) is 0 Å². The summed E-state index contributed by atoms with van der Waals surface area (Å²) in [6.07, 6.45) is 8.88. The third kappa shape index (κ3) is 5.11. The van der Waals surface area contributed by atoms with Gasteiger partial charge in [-0.2, -0.15) is 0 Å². The highest BCUT2D eigenvalue weighted by Gasteiger charge is 2.25. The molecule has 1 heterocycles. The fourth-order valence-electron chi connectivity index (χ4n) is 4.06. The zero-order chi connectivity index (χ0) is 20.9. The Kier molecular flexibility index (Phi) is 6.53. The second-order valence-electron chi connectivity index (χ2n) is 8.64. The molecule has 2 atom stereocenters. The molecule has 0 spiro atoms. The zero-order valence-electron chi connectivity index (χ0n) is 17.7. The Balaban J connectivity index is 1.35. The summed E-state index contributed by atoms with van der Waals surface area (Å²) in [6.45, 7) is 2.67. The van der Waals surface area contributed by atoms with E-state index in [1.807, 2.05) is 37.4 Å². The number of carbonyl (C=O) groups excluding carboxylic acids is 1. The molecule has 6 heteroatoms. The SMILES string of the molecule is Cc1ccc(C(=O)N[C@H]2CCCC[C@@H]2O)cc1NCc1ccc(NC2CCC2)nc1. The summed E-state index contributed by atoms with van der Waals surface area (Å²) in [5, 5.41) is 20.0. The highest BCUT2D eigenvalue weighted by molar-refractivity contribution is 5.95. The number of benzene rings is 1. The first kappa shape index (κ1) is 20.7. The summed E-state index contributed by atoms with van der Waals surface area (Å²) in [6, 6.07) is 10.2. The fraction of sp³-hybridized carbons (Fsp3) is 0.500. The molecule has 0 saturated heterocycles. The molecule has 2 aromatic rings. The second kappa shape index (κ2) is 9.47. The van der Waals surface area contributed by atoms with Crippen LogP contribution in [0.15, 0.2) is 36.5 Å². The molecule has 2 aliphatic carbocycles. The maximum absolute atomic E-state index is 12.7. The Morgan fingerprint density at radius 1 is 1.10 bits per heavy atom. The van der Waals surface area contributed by atoms with Crippen molar-refractivity contribution in [3.63, 3.8) is 0 Å². The molecule has 30 heavy (non-hydrogen) atoms. The van der Waals surface area contributed by atoms with E-state index < -0.39 is 6.10 Å². The number of carbonyl (C=O) groups is 1. The van der Waals surface area contributed by atoms with Crippen LogP contribution in [0.2, 0.25) is 0 Å². The average molecular weight is 409 g/mol. The molecule has 4 N–H and O–H groups in total. The molecule has 1 aromatic heterocycles. The lowest BCUT2D eigenvalue weighted by atomic mass is 9.92. The number of aryl methyl sites for hydroxylation is 1. The van der Waals surface area contributed by atoms with Crippen molar-refractivity contribution in [1.82, 2.24) is 10.3 Å². The van der Waals surface area contributed by atoms with E-state index in [1.54, 1.807) is 0 Å². The normalized spacial score (nSPS) is 21.5. The summed E-state index contributed by atoms with van der Waals surface area (Å²) in [5.74, 6) is 0.806. The molecule has 6 nitrogen and oxygen atoms in total. The lowest BCUT2D eigenvalue weighted by molar-refractivity contribution is 0.0717. The summed E-state index contributed by atoms with van der Waals surface area (Å²) in [4.78, 5) is 17.2. The van der Waals surface area contributed by atoms with Gasteiger partial charge in [-0.05, 0) is 68.4 Å². The number of anilines is 2. The Hall–Kier alpha value is -2.60. The number of nitrogens with one attached hydrogen (secondary N) is 3. The number of aliphatic hydroxyl groups excluding tert-OH is 1. The third-order valence-corrected chi connectivity index (χ3v) is 6.31. The largest absolute Gasteiger partial charge is 0.391 e. The molecule has 2 aliphatic rings. The predicted molar refractivity (Wildman–Crippen MR) is 120 cm³/mol. The number of hydrogen-bond donors (Lipinski definition) is 4. The van der Waals surface area contributed by atoms with Gasteiger partial charge in [-0.15, -0.1) is 0 Å². The van der Waals surface area contributed by atoms with E-state index >= 15 is 0 Å². The van der Waals surface area contributed by atoms with Crippen LogP contribution in [-0.2, 0) is 6.54 Å². The number of aromatic nitrogens is 1. The van der Waals surface area contributed by atoms with Gasteiger partial charge in [0.15, 0.2) is 0 Å². The van der Waals surface area contributed by atoms with Gasteiger partial charge in [0.05, 0.1) is 12.1 Å². The number of amides is 1. The molecule has 0 unspecified atom stereocenters. The predicted octanol–water partition coefficient (Wildman–Crippen LogP) is 4.00. The number of rotatable bonds is 7. The van der Waals surface area contributed by atoms with Gasteiger partial charge >= 0.3 is 0 Å². The van der Waals surface area contributed by atoms with Gasteiger partial charge in [0.1, 0.15) is 5.82 Å². The molecular weight excluding hydrogens is 376 g/mol. The number of nitrogens with zero attached hydrogens (tertiary/aromatic N) is 1. The Labute approximate surface area is 178 Å². The van der Waals surface area contributed by atoms with Crippen LogP contribution in [0.3, 0.4) is 0 Å². The van der Waals surface area contributed by atoms with Crippen molar-refractivity contribution in [2.45, 2.75) is 76.6 Å². The smallest absolute Gasteiger partial charge is 0.251 e. The van der Waals surface area contributed by atoms with Gasteiger partial charge < -0.3 is 21.1 Å². The number of aliphatic hydroxyl groups is 1. The number of hydrogen-bond acceptors (Lipinski definition) is 5. The van der Waals surface area contributed by atoms with E-state index in [1.165, 1.54) is 19.3 Å². The summed E-state index contributed by atoms with van der Waals surface area (Å²) >= 11 is 0. The molecule has 2 fully saturated rings. The summed E-state index contributed by atoms with van der Waals surface area (Å²) < 4.78 is 0. The van der Waals surface area contributed by atoms with Gasteiger partial charge in [0.25, 0.3) is 5.91 Å². The lowest BCUT2D eigenvalue weighted by Gasteiger charge is -2.28. The Morgan fingerprint density at radius 2 is 1.93 bits per heavy atom. The minimum Gasteiger partial charge on any atom is -0.391 e. The maximum atomic E-state index is 12.7. The van der Waals surface area contributed by atoms with E-state index in [4.69, 9.17) is 0 Å². The van der Waals surface area contributed by atoms with Crippen LogP contribution >= 0.6 is 0 Å². The summed E-state index contributed by atoms with van der Waals surface area (Å²) in [7, 11) is 0. The van der Waals surface area contributed by atoms with Crippen molar-refractivity contribution in [3.8, 4) is 0 Å². The van der Waals surface area contributed by atoms with Crippen LogP contribution in [-0.4, -0.2) is 34.2 Å². The average Bonchev–Trinajstić information content (AvgIpc) is 2.72. The lowest BCUT2D eigenvalue weighted by Crippen LogP contribution is -2.45. The van der Waals surface area contributed by atoms with Crippen molar-refractivity contribution in [2.24, 2.45) is 0 Å². The monoisotopic (exact) mass is 408 g/mol. The van der Waals surface area contributed by atoms with Gasteiger partial charge in [-0.1, -0.05) is 25.0 Å². The summed E-state index contributed by atoms with van der Waals surface area (Å²) in [5.41, 5.74) is 3.72. The minimum atomic E-state index is -0.444. The fourth-order valence-corrected chi connectivity index (χ4v) is 4.06. The van der Waals surface area contributed by atoms with Crippen LogP contribution in [0.1, 0.15) is 66.4 Å². The van der Waals surface area contributed by atoms with E-state index in [2.05, 4.69) is 27.0 Å². The van der Waals surface area contributed by atoms with E-state index in [0.717, 1.165) is 48.3 Å². The maximum Gasteiger partial charge on any atom is 0.251 e. The molecule has 1 aromatic carbocycles. The first-order valence-corrected chi connectivity index (χ1v) is 11.1. The highest BCUT2D eigenvalue weighted by Crippen LogP contribution is 2.23. The zero-order valence-corrected chi connectivity index (χ0v) is 17.7. The third-order valence-electron chi connectivity index (χ3n) is 6.31. The Bertz CT molecular complexity index is 864. The highest BCUT2D eigenvalue weighted by atomic mass is 16.3. The van der Waals surface area contributed by atoms with Gasteiger partial charge in [-0.25, -0.2) is 4.98 Å². The molecular formula is C24H32N4O2. The molecule has 0 radical (unpaired) electrons. The molecule has 0 aliphatic heterocycles. The van der Waals surface area contributed by atoms with Crippen molar-refractivity contribution < 1.29 is 9.90 Å². The van der Waals surface area contributed by atoms with Crippen LogP contribution < -0.4 is 16.0 Å². The minimum absolute atomic E-state index is 0.128. The van der Waals surface area contributed by atoms with Crippen molar-refractivity contribution in [1.29, 1.82) is 0 Å². The molecule has 160 valence electrons. The van der Waals surface area contributed by atoms with E-state index in [-0.39, 0.29) is 11.9 Å². The van der Waals surface area contributed by atoms with Gasteiger partial charge in [-0.3, -0.25) is 4.79 Å². The van der Waals surface area contributed by atoms with Crippen LogP contribution in [0.4, 0.5) is 11.5 Å². The topological polar surface area (TPSA) is 86.3 Å². The molecule has 0 bridgehead atoms. The molecule has 4 rings (SSSR count). The standard InChI is InChI=1S/C24H32N4O2/c1-16-9-11-18(24(30)28-20-7-2-3-8-22(20)29)13-21(16)25-14-17-10-12-23(26-15-17)27-19-5-4-6-19/h9-13,15,19-20,22,25,29H,2-8,14H2,1H3,(H,26,27)(H,28,30)/t20-,22-/m0/s1. The second-order valence-corrected chi connectivity index (χ2v) is 8.64. The van der Waals surface area contributed by atoms with Gasteiger partial charge in [0, 0.05) is 30.0 Å². The van der Waals surface area contributed by atoms with E-state index in [9.17, 15) is 9.90 Å². The molecule has 2 saturated carbocycles. The van der Waals surface area contributed by atoms with Crippen molar-refractivity contribution >= 4 is 17.4 Å². The van der Waals surface area contributed by atoms with Crippen LogP contribution in [0.5, 0.6) is 0 Å². The first-order valence-electron chi connectivity index (χ1n) is 11.1. The van der Waals surface area contributed by atoms with Crippen molar-refractivity contribution in [3.05, 3.63) is 53.2 Å².